The fourth-order valence-electron chi connectivity index (χ4n) is 2.35. The van der Waals surface area contributed by atoms with E-state index in [-0.39, 0.29) is 24.5 Å². The molecule has 2 fully saturated rings. The van der Waals surface area contributed by atoms with Gasteiger partial charge in [0, 0.05) is 19.6 Å². The van der Waals surface area contributed by atoms with Crippen molar-refractivity contribution in [3.8, 4) is 0 Å². The molecule has 2 heterocycles. The number of hydrogen-bond donors (Lipinski definition) is 1. The molecule has 4 heteroatoms. The van der Waals surface area contributed by atoms with Crippen LogP contribution in [-0.4, -0.2) is 38.3 Å². The van der Waals surface area contributed by atoms with Gasteiger partial charge in [-0.2, -0.15) is 0 Å². The van der Waals surface area contributed by atoms with E-state index in [9.17, 15) is 0 Å². The van der Waals surface area contributed by atoms with Gasteiger partial charge in [-0.15, -0.1) is 0 Å². The Bertz CT molecular complexity index is 198. The summed E-state index contributed by atoms with van der Waals surface area (Å²) in [6, 6.07) is -0.0839. The van der Waals surface area contributed by atoms with Crippen molar-refractivity contribution < 1.29 is 14.2 Å². The first-order valence-corrected chi connectivity index (χ1v) is 5.29. The van der Waals surface area contributed by atoms with Crippen molar-refractivity contribution in [2.75, 3.05) is 13.7 Å². The third-order valence-corrected chi connectivity index (χ3v) is 3.29. The summed E-state index contributed by atoms with van der Waals surface area (Å²) in [7, 11) is 1.64. The predicted molar refractivity (Wildman–Crippen MR) is 51.8 cm³/mol. The summed E-state index contributed by atoms with van der Waals surface area (Å²) in [5, 5.41) is 0. The molecule has 0 bridgehead atoms. The summed E-state index contributed by atoms with van der Waals surface area (Å²) in [5.74, 6) is 0.305. The number of nitrogens with two attached hydrogens (primary N) is 1. The SMILES string of the molecule is COC1OC2CCCO[C@H]2C(C)[C@H]1N. The first-order valence-electron chi connectivity index (χ1n) is 5.29. The summed E-state index contributed by atoms with van der Waals surface area (Å²) in [5.41, 5.74) is 6.01. The van der Waals surface area contributed by atoms with Crippen molar-refractivity contribution in [1.82, 2.24) is 0 Å². The van der Waals surface area contributed by atoms with Crippen molar-refractivity contribution in [2.24, 2.45) is 11.7 Å². The summed E-state index contributed by atoms with van der Waals surface area (Å²) in [4.78, 5) is 0. The fraction of sp³-hybridized carbons (Fsp3) is 1.00. The molecule has 2 aliphatic heterocycles. The number of hydrogen-bond acceptors (Lipinski definition) is 4. The van der Waals surface area contributed by atoms with Crippen LogP contribution in [0.15, 0.2) is 0 Å². The lowest BCUT2D eigenvalue weighted by Gasteiger charge is -2.45. The van der Waals surface area contributed by atoms with Crippen molar-refractivity contribution >= 4 is 0 Å². The molecule has 2 saturated heterocycles. The molecule has 3 unspecified atom stereocenters. The number of methoxy groups -OCH3 is 1. The Morgan fingerprint density at radius 2 is 2.21 bits per heavy atom. The van der Waals surface area contributed by atoms with Gasteiger partial charge in [-0.05, 0) is 12.8 Å². The third-order valence-electron chi connectivity index (χ3n) is 3.29. The highest BCUT2D eigenvalue weighted by atomic mass is 16.7. The summed E-state index contributed by atoms with van der Waals surface area (Å²) < 4.78 is 16.7. The second-order valence-corrected chi connectivity index (χ2v) is 4.19. The Hall–Kier alpha value is -0.160. The van der Waals surface area contributed by atoms with E-state index in [0.717, 1.165) is 19.4 Å². The summed E-state index contributed by atoms with van der Waals surface area (Å²) in [6.45, 7) is 2.95. The van der Waals surface area contributed by atoms with Gasteiger partial charge in [0.25, 0.3) is 0 Å². The van der Waals surface area contributed by atoms with E-state index in [4.69, 9.17) is 19.9 Å². The highest BCUT2D eigenvalue weighted by Crippen LogP contribution is 2.32. The third kappa shape index (κ3) is 1.67. The quantitative estimate of drug-likeness (QED) is 0.671. The van der Waals surface area contributed by atoms with Crippen LogP contribution in [0.3, 0.4) is 0 Å². The van der Waals surface area contributed by atoms with Crippen LogP contribution in [0.4, 0.5) is 0 Å². The Morgan fingerprint density at radius 1 is 1.43 bits per heavy atom. The first-order chi connectivity index (χ1) is 6.74. The maximum atomic E-state index is 6.01. The van der Waals surface area contributed by atoms with Gasteiger partial charge in [0.1, 0.15) is 0 Å². The summed E-state index contributed by atoms with van der Waals surface area (Å²) in [6.07, 6.45) is 2.18. The molecule has 0 aromatic carbocycles. The minimum atomic E-state index is -0.270. The maximum Gasteiger partial charge on any atom is 0.173 e. The molecule has 5 atom stereocenters. The Labute approximate surface area is 84.7 Å². The average Bonchev–Trinajstić information content (AvgIpc) is 2.23. The standard InChI is InChI=1S/C10H19NO3/c1-6-8(11)10(12-2)14-7-4-3-5-13-9(6)7/h6-10H,3-5,11H2,1-2H3/t6?,7?,8-,9+,10?/m1/s1. The lowest BCUT2D eigenvalue weighted by molar-refractivity contribution is -0.258. The minimum absolute atomic E-state index is 0.0839. The lowest BCUT2D eigenvalue weighted by Crippen LogP contribution is -2.59. The molecule has 4 nitrogen and oxygen atoms in total. The molecular formula is C10H19NO3. The molecule has 2 aliphatic rings. The van der Waals surface area contributed by atoms with Gasteiger partial charge in [-0.25, -0.2) is 0 Å². The van der Waals surface area contributed by atoms with Crippen molar-refractivity contribution in [1.29, 1.82) is 0 Å². The predicted octanol–water partition coefficient (Wildman–Crippen LogP) is 0.500. The molecule has 0 amide bonds. The van der Waals surface area contributed by atoms with E-state index in [1.807, 2.05) is 0 Å². The van der Waals surface area contributed by atoms with Crippen LogP contribution in [0.2, 0.25) is 0 Å². The molecule has 2 rings (SSSR count). The van der Waals surface area contributed by atoms with Crippen molar-refractivity contribution in [3.63, 3.8) is 0 Å². The molecule has 0 aromatic heterocycles. The van der Waals surface area contributed by atoms with Gasteiger partial charge in [-0.3, -0.25) is 0 Å². The molecule has 82 valence electrons. The van der Waals surface area contributed by atoms with Crippen molar-refractivity contribution in [2.45, 2.75) is 44.3 Å². The van der Waals surface area contributed by atoms with Crippen molar-refractivity contribution in [3.05, 3.63) is 0 Å². The van der Waals surface area contributed by atoms with E-state index < -0.39 is 0 Å². The van der Waals surface area contributed by atoms with E-state index in [1.54, 1.807) is 7.11 Å². The number of rotatable bonds is 1. The second kappa shape index (κ2) is 4.14. The van der Waals surface area contributed by atoms with Crippen LogP contribution in [-0.2, 0) is 14.2 Å². The molecule has 0 radical (unpaired) electrons. The van der Waals surface area contributed by atoms with Crippen LogP contribution in [0, 0.1) is 5.92 Å². The molecule has 0 spiro atoms. The second-order valence-electron chi connectivity index (χ2n) is 4.19. The van der Waals surface area contributed by atoms with Gasteiger partial charge in [0.05, 0.1) is 18.2 Å². The van der Waals surface area contributed by atoms with E-state index in [1.165, 1.54) is 0 Å². The number of ether oxygens (including phenoxy) is 3. The Morgan fingerprint density at radius 3 is 2.93 bits per heavy atom. The fourth-order valence-corrected chi connectivity index (χ4v) is 2.35. The number of fused-ring (bicyclic) bond motifs is 1. The van der Waals surface area contributed by atoms with E-state index in [2.05, 4.69) is 6.92 Å². The first kappa shape index (κ1) is 10.4. The molecular weight excluding hydrogens is 182 g/mol. The highest BCUT2D eigenvalue weighted by molar-refractivity contribution is 4.91. The molecule has 14 heavy (non-hydrogen) atoms. The maximum absolute atomic E-state index is 6.01. The topological polar surface area (TPSA) is 53.7 Å². The lowest BCUT2D eigenvalue weighted by atomic mass is 9.86. The molecule has 0 aromatic rings. The van der Waals surface area contributed by atoms with Crippen LogP contribution in [0.25, 0.3) is 0 Å². The highest BCUT2D eigenvalue weighted by Gasteiger charge is 2.43. The van der Waals surface area contributed by atoms with Gasteiger partial charge >= 0.3 is 0 Å². The van der Waals surface area contributed by atoms with Crippen LogP contribution >= 0.6 is 0 Å². The molecule has 0 aliphatic carbocycles. The zero-order chi connectivity index (χ0) is 10.1. The Kier molecular flexibility index (Phi) is 3.07. The van der Waals surface area contributed by atoms with Crippen LogP contribution < -0.4 is 5.73 Å². The monoisotopic (exact) mass is 201 g/mol. The molecule has 2 N–H and O–H groups in total. The zero-order valence-electron chi connectivity index (χ0n) is 8.81. The van der Waals surface area contributed by atoms with E-state index >= 15 is 0 Å². The Balaban J connectivity index is 2.07. The van der Waals surface area contributed by atoms with Gasteiger partial charge < -0.3 is 19.9 Å². The molecule has 0 saturated carbocycles. The van der Waals surface area contributed by atoms with E-state index in [0.29, 0.717) is 5.92 Å². The summed E-state index contributed by atoms with van der Waals surface area (Å²) >= 11 is 0. The minimum Gasteiger partial charge on any atom is -0.375 e. The van der Waals surface area contributed by atoms with Crippen LogP contribution in [0.1, 0.15) is 19.8 Å². The average molecular weight is 201 g/mol. The van der Waals surface area contributed by atoms with Crippen LogP contribution in [0.5, 0.6) is 0 Å². The largest absolute Gasteiger partial charge is 0.375 e. The zero-order valence-corrected chi connectivity index (χ0v) is 8.81. The van der Waals surface area contributed by atoms with Gasteiger partial charge in [-0.1, -0.05) is 6.92 Å². The smallest absolute Gasteiger partial charge is 0.173 e. The van der Waals surface area contributed by atoms with Gasteiger partial charge in [0.15, 0.2) is 6.29 Å². The normalized spacial score (nSPS) is 48.6. The van der Waals surface area contributed by atoms with Gasteiger partial charge in [0.2, 0.25) is 0 Å².